The molecule has 0 aliphatic heterocycles. The van der Waals surface area contributed by atoms with Gasteiger partial charge < -0.3 is 4.74 Å². The Morgan fingerprint density at radius 1 is 1.75 bits per heavy atom. The number of hydrogen-bond acceptors (Lipinski definition) is 1. The molecular weight excluding hydrogens is 102 g/mol. The highest BCUT2D eigenvalue weighted by molar-refractivity contribution is 4.87. The van der Waals surface area contributed by atoms with Crippen LogP contribution in [0.5, 0.6) is 0 Å². The van der Waals surface area contributed by atoms with Crippen molar-refractivity contribution < 1.29 is 4.74 Å². The minimum atomic E-state index is 0.341. The molecule has 0 atom stereocenters. The first-order valence-corrected chi connectivity index (χ1v) is 2.64. The van der Waals surface area contributed by atoms with Crippen LogP contribution < -0.4 is 5.73 Å². The molecule has 1 radical (unpaired) electrons. The summed E-state index contributed by atoms with van der Waals surface area (Å²) in [6, 6.07) is 0. The minimum Gasteiger partial charge on any atom is -0.376 e. The smallest absolute Gasteiger partial charge is 0.0672 e. The van der Waals surface area contributed by atoms with E-state index in [1.807, 2.05) is 6.92 Å². The monoisotopic (exact) mass is 114 g/mol. The predicted octanol–water partition coefficient (Wildman–Crippen LogP) is 0.862. The van der Waals surface area contributed by atoms with Gasteiger partial charge >= 0.3 is 0 Å². The number of hydrogen-bond donors (Lipinski definition) is 0. The zero-order chi connectivity index (χ0) is 6.41. The summed E-state index contributed by atoms with van der Waals surface area (Å²) in [5, 5.41) is 0. The van der Waals surface area contributed by atoms with Crippen molar-refractivity contribution in [2.75, 3.05) is 19.8 Å². The normalized spacial score (nSPS) is 9.25. The molecule has 0 fully saturated rings. The quantitative estimate of drug-likeness (QED) is 0.394. The maximum atomic E-state index is 6.69. The second-order valence-electron chi connectivity index (χ2n) is 1.76. The highest BCUT2D eigenvalue weighted by Gasteiger charge is 1.83. The van der Waals surface area contributed by atoms with E-state index in [0.717, 1.165) is 5.57 Å². The van der Waals surface area contributed by atoms with Crippen molar-refractivity contribution in [2.24, 2.45) is 0 Å². The lowest BCUT2D eigenvalue weighted by Gasteiger charge is -1.98. The van der Waals surface area contributed by atoms with Gasteiger partial charge in [0.25, 0.3) is 0 Å². The summed E-state index contributed by atoms with van der Waals surface area (Å²) in [7, 11) is 0. The molecule has 1 N–H and O–H groups in total. The first kappa shape index (κ1) is 7.66. The summed E-state index contributed by atoms with van der Waals surface area (Å²) in [6.45, 7) is 7.00. The predicted molar refractivity (Wildman–Crippen MR) is 33.6 cm³/mol. The van der Waals surface area contributed by atoms with Gasteiger partial charge in [0, 0.05) is 6.54 Å². The molecule has 0 heterocycles. The molecule has 2 nitrogen and oxygen atoms in total. The molecule has 0 rings (SSSR count). The standard InChI is InChI=1S/C6H12NO/c1-6(2)5-8-4-3-7/h7H,1,3-5H2,2H3. The fourth-order valence-corrected chi connectivity index (χ4v) is 0.319. The number of nitrogens with one attached hydrogen (secondary N) is 1. The van der Waals surface area contributed by atoms with Crippen LogP contribution in [0.15, 0.2) is 12.2 Å². The lowest BCUT2D eigenvalue weighted by atomic mass is 10.4. The summed E-state index contributed by atoms with van der Waals surface area (Å²) in [5.74, 6) is 0. The molecule has 0 saturated heterocycles. The Morgan fingerprint density at radius 2 is 2.38 bits per heavy atom. The SMILES string of the molecule is C=C(C)COCC[NH]. The van der Waals surface area contributed by atoms with Crippen LogP contribution in [0.25, 0.3) is 0 Å². The van der Waals surface area contributed by atoms with Gasteiger partial charge in [-0.15, -0.1) is 0 Å². The number of rotatable bonds is 4. The van der Waals surface area contributed by atoms with Crippen LogP contribution in [0.3, 0.4) is 0 Å². The maximum absolute atomic E-state index is 6.69. The van der Waals surface area contributed by atoms with E-state index in [-0.39, 0.29) is 0 Å². The van der Waals surface area contributed by atoms with Gasteiger partial charge in [-0.3, -0.25) is 5.73 Å². The van der Waals surface area contributed by atoms with E-state index < -0.39 is 0 Å². The summed E-state index contributed by atoms with van der Waals surface area (Å²) >= 11 is 0. The van der Waals surface area contributed by atoms with Gasteiger partial charge in [0.1, 0.15) is 0 Å². The van der Waals surface area contributed by atoms with Crippen LogP contribution in [-0.4, -0.2) is 19.8 Å². The Kier molecular flexibility index (Phi) is 4.61. The molecule has 2 heteroatoms. The van der Waals surface area contributed by atoms with Crippen LogP contribution in [-0.2, 0) is 4.74 Å². The Morgan fingerprint density at radius 3 is 2.75 bits per heavy atom. The largest absolute Gasteiger partial charge is 0.376 e. The van der Waals surface area contributed by atoms with Crippen LogP contribution in [0.2, 0.25) is 0 Å². The molecule has 0 saturated carbocycles. The molecule has 0 aliphatic carbocycles. The van der Waals surface area contributed by atoms with Crippen molar-refractivity contribution in [2.45, 2.75) is 6.92 Å². The number of ether oxygens (including phenoxy) is 1. The van der Waals surface area contributed by atoms with Gasteiger partial charge in [0.05, 0.1) is 13.2 Å². The molecule has 0 bridgehead atoms. The maximum Gasteiger partial charge on any atom is 0.0672 e. The van der Waals surface area contributed by atoms with E-state index >= 15 is 0 Å². The molecule has 0 spiro atoms. The summed E-state index contributed by atoms with van der Waals surface area (Å²) < 4.78 is 4.96. The molecule has 0 amide bonds. The van der Waals surface area contributed by atoms with Gasteiger partial charge in [-0.1, -0.05) is 12.2 Å². The van der Waals surface area contributed by atoms with E-state index in [2.05, 4.69) is 6.58 Å². The summed E-state index contributed by atoms with van der Waals surface area (Å²) in [5.41, 5.74) is 7.70. The highest BCUT2D eigenvalue weighted by atomic mass is 16.5. The molecule has 0 unspecified atom stereocenters. The molecule has 8 heavy (non-hydrogen) atoms. The molecule has 0 aromatic heterocycles. The minimum absolute atomic E-state index is 0.341. The second-order valence-corrected chi connectivity index (χ2v) is 1.76. The van der Waals surface area contributed by atoms with Crippen molar-refractivity contribution in [1.82, 2.24) is 5.73 Å². The van der Waals surface area contributed by atoms with Crippen LogP contribution in [0.4, 0.5) is 0 Å². The van der Waals surface area contributed by atoms with Crippen molar-refractivity contribution in [1.29, 1.82) is 0 Å². The van der Waals surface area contributed by atoms with Gasteiger partial charge in [0.15, 0.2) is 0 Å². The van der Waals surface area contributed by atoms with E-state index in [4.69, 9.17) is 10.5 Å². The van der Waals surface area contributed by atoms with Gasteiger partial charge in [-0.05, 0) is 6.92 Å². The van der Waals surface area contributed by atoms with Crippen LogP contribution in [0.1, 0.15) is 6.92 Å². The zero-order valence-corrected chi connectivity index (χ0v) is 5.24. The van der Waals surface area contributed by atoms with Crippen molar-refractivity contribution in [3.8, 4) is 0 Å². The molecule has 0 aliphatic rings. The lowest BCUT2D eigenvalue weighted by Crippen LogP contribution is -2.01. The summed E-state index contributed by atoms with van der Waals surface area (Å²) in [6.07, 6.45) is 0. The van der Waals surface area contributed by atoms with Crippen molar-refractivity contribution in [3.05, 3.63) is 12.2 Å². The first-order chi connectivity index (χ1) is 3.77. The van der Waals surface area contributed by atoms with E-state index in [1.54, 1.807) is 0 Å². The molecule has 0 aromatic rings. The molecule has 0 aromatic carbocycles. The Balaban J connectivity index is 2.82. The third-order valence-corrected chi connectivity index (χ3v) is 0.595. The zero-order valence-electron chi connectivity index (χ0n) is 5.24. The van der Waals surface area contributed by atoms with Crippen LogP contribution in [0, 0.1) is 0 Å². The Hall–Kier alpha value is -0.340. The summed E-state index contributed by atoms with van der Waals surface area (Å²) in [4.78, 5) is 0. The average molecular weight is 114 g/mol. The first-order valence-electron chi connectivity index (χ1n) is 2.64. The van der Waals surface area contributed by atoms with Gasteiger partial charge in [0.2, 0.25) is 0 Å². The third-order valence-electron chi connectivity index (χ3n) is 0.595. The van der Waals surface area contributed by atoms with E-state index in [9.17, 15) is 0 Å². The average Bonchev–Trinajstić information content (AvgIpc) is 1.66. The van der Waals surface area contributed by atoms with E-state index in [0.29, 0.717) is 19.8 Å². The second kappa shape index (κ2) is 4.81. The molecular formula is C6H12NO. The topological polar surface area (TPSA) is 33.0 Å². The Labute approximate surface area is 50.3 Å². The fourth-order valence-electron chi connectivity index (χ4n) is 0.319. The lowest BCUT2D eigenvalue weighted by molar-refractivity contribution is 0.163. The van der Waals surface area contributed by atoms with Crippen molar-refractivity contribution >= 4 is 0 Å². The Bertz CT molecular complexity index is 70.9. The van der Waals surface area contributed by atoms with Gasteiger partial charge in [-0.25, -0.2) is 0 Å². The third kappa shape index (κ3) is 5.66. The van der Waals surface area contributed by atoms with Crippen molar-refractivity contribution in [3.63, 3.8) is 0 Å². The van der Waals surface area contributed by atoms with E-state index in [1.165, 1.54) is 0 Å². The molecule has 47 valence electrons. The highest BCUT2D eigenvalue weighted by Crippen LogP contribution is 1.85. The van der Waals surface area contributed by atoms with Crippen LogP contribution >= 0.6 is 0 Å². The van der Waals surface area contributed by atoms with Gasteiger partial charge in [-0.2, -0.15) is 0 Å². The fraction of sp³-hybridized carbons (Fsp3) is 0.667.